The Morgan fingerprint density at radius 1 is 1.12 bits per heavy atom. The Hall–Kier alpha value is -2.09. The first-order valence-electron chi connectivity index (χ1n) is 8.66. The highest BCUT2D eigenvalue weighted by Crippen LogP contribution is 2.34. The van der Waals surface area contributed by atoms with Gasteiger partial charge in [0.15, 0.2) is 11.5 Å². The first kappa shape index (κ1) is 18.7. The average Bonchev–Trinajstić information content (AvgIpc) is 3.10. The van der Waals surface area contributed by atoms with Crippen LogP contribution in [0.3, 0.4) is 0 Å². The minimum absolute atomic E-state index is 0.134. The van der Waals surface area contributed by atoms with E-state index in [9.17, 15) is 13.5 Å². The topological polar surface area (TPSA) is 84.9 Å². The molecule has 7 heteroatoms. The van der Waals surface area contributed by atoms with Crippen molar-refractivity contribution in [2.45, 2.75) is 37.2 Å². The van der Waals surface area contributed by atoms with Gasteiger partial charge < -0.3 is 14.6 Å². The van der Waals surface area contributed by atoms with E-state index < -0.39 is 16.1 Å². The summed E-state index contributed by atoms with van der Waals surface area (Å²) in [7, 11) is -3.59. The fraction of sp³-hybridized carbons (Fsp3) is 0.368. The molecule has 1 atom stereocenters. The lowest BCUT2D eigenvalue weighted by molar-refractivity contribution is 0.166. The number of hydrogen-bond acceptors (Lipinski definition) is 5. The second kappa shape index (κ2) is 8.07. The molecule has 0 aliphatic carbocycles. The number of sulfonamides is 1. The summed E-state index contributed by atoms with van der Waals surface area (Å²) in [6, 6.07) is 12.1. The van der Waals surface area contributed by atoms with E-state index in [0.717, 1.165) is 18.4 Å². The van der Waals surface area contributed by atoms with E-state index in [1.807, 2.05) is 12.1 Å². The molecule has 0 fully saturated rings. The van der Waals surface area contributed by atoms with Crippen LogP contribution in [0.2, 0.25) is 0 Å². The van der Waals surface area contributed by atoms with E-state index in [0.29, 0.717) is 17.1 Å². The quantitative estimate of drug-likeness (QED) is 0.739. The fourth-order valence-corrected chi connectivity index (χ4v) is 3.87. The Morgan fingerprint density at radius 3 is 2.58 bits per heavy atom. The summed E-state index contributed by atoms with van der Waals surface area (Å²) < 4.78 is 37.7. The van der Waals surface area contributed by atoms with Crippen molar-refractivity contribution in [3.63, 3.8) is 0 Å². The number of ether oxygens (including phenoxy) is 2. The summed E-state index contributed by atoms with van der Waals surface area (Å²) >= 11 is 0. The van der Waals surface area contributed by atoms with Crippen molar-refractivity contribution in [2.75, 3.05) is 13.3 Å². The van der Waals surface area contributed by atoms with Crippen LogP contribution in [0.4, 0.5) is 0 Å². The Labute approximate surface area is 153 Å². The Morgan fingerprint density at radius 2 is 1.85 bits per heavy atom. The lowest BCUT2D eigenvalue weighted by Gasteiger charge is -2.13. The van der Waals surface area contributed by atoms with Gasteiger partial charge in [-0.2, -0.15) is 0 Å². The van der Waals surface area contributed by atoms with E-state index in [1.165, 1.54) is 0 Å². The fourth-order valence-electron chi connectivity index (χ4n) is 2.82. The van der Waals surface area contributed by atoms with Crippen molar-refractivity contribution >= 4 is 10.0 Å². The Kier molecular flexibility index (Phi) is 5.80. The van der Waals surface area contributed by atoms with Crippen LogP contribution in [0.25, 0.3) is 0 Å². The van der Waals surface area contributed by atoms with Crippen molar-refractivity contribution < 1.29 is 23.0 Å². The molecule has 26 heavy (non-hydrogen) atoms. The molecule has 1 unspecified atom stereocenters. The molecule has 2 aromatic carbocycles. The molecule has 3 rings (SSSR count). The van der Waals surface area contributed by atoms with Crippen LogP contribution >= 0.6 is 0 Å². The average molecular weight is 377 g/mol. The number of fused-ring (bicyclic) bond motifs is 1. The summed E-state index contributed by atoms with van der Waals surface area (Å²) in [4.78, 5) is 0.231. The van der Waals surface area contributed by atoms with Crippen LogP contribution < -0.4 is 14.2 Å². The lowest BCUT2D eigenvalue weighted by Crippen LogP contribution is -2.26. The third-order valence-electron chi connectivity index (χ3n) is 4.26. The summed E-state index contributed by atoms with van der Waals surface area (Å²) in [5, 5.41) is 10.3. The minimum Gasteiger partial charge on any atom is -0.454 e. The third kappa shape index (κ3) is 4.35. The number of aliphatic hydroxyl groups excluding tert-OH is 1. The first-order valence-corrected chi connectivity index (χ1v) is 10.1. The van der Waals surface area contributed by atoms with Gasteiger partial charge in [-0.1, -0.05) is 31.5 Å². The molecule has 0 saturated carbocycles. The van der Waals surface area contributed by atoms with Crippen LogP contribution in [0.5, 0.6) is 11.5 Å². The molecule has 140 valence electrons. The second-order valence-electron chi connectivity index (χ2n) is 6.21. The van der Waals surface area contributed by atoms with Crippen LogP contribution in [0, 0.1) is 0 Å². The molecule has 2 N–H and O–H groups in total. The number of aryl methyl sites for hydroxylation is 1. The van der Waals surface area contributed by atoms with Gasteiger partial charge in [-0.25, -0.2) is 13.1 Å². The SMILES string of the molecule is CCCc1ccc(S(=O)(=O)NCCC(O)c2ccc3c(c2)OCO3)cc1. The largest absolute Gasteiger partial charge is 0.454 e. The Balaban J connectivity index is 1.56. The van der Waals surface area contributed by atoms with Crippen molar-refractivity contribution in [1.82, 2.24) is 4.72 Å². The molecular formula is C19H23NO5S. The molecule has 2 aromatic rings. The molecule has 1 aliphatic rings. The van der Waals surface area contributed by atoms with Crippen molar-refractivity contribution in [2.24, 2.45) is 0 Å². The van der Waals surface area contributed by atoms with E-state index in [-0.39, 0.29) is 24.7 Å². The third-order valence-corrected chi connectivity index (χ3v) is 5.74. The van der Waals surface area contributed by atoms with Gasteiger partial charge in [0.2, 0.25) is 16.8 Å². The molecule has 1 heterocycles. The maximum absolute atomic E-state index is 12.3. The zero-order chi connectivity index (χ0) is 18.6. The molecule has 0 spiro atoms. The van der Waals surface area contributed by atoms with Gasteiger partial charge in [-0.05, 0) is 48.2 Å². The second-order valence-corrected chi connectivity index (χ2v) is 7.98. The van der Waals surface area contributed by atoms with Gasteiger partial charge in [0.05, 0.1) is 11.0 Å². The molecule has 0 bridgehead atoms. The van der Waals surface area contributed by atoms with Gasteiger partial charge in [-0.3, -0.25) is 0 Å². The van der Waals surface area contributed by atoms with Gasteiger partial charge in [-0.15, -0.1) is 0 Å². The molecule has 0 radical (unpaired) electrons. The smallest absolute Gasteiger partial charge is 0.240 e. The standard InChI is InChI=1S/C19H23NO5S/c1-2-3-14-4-7-16(8-5-14)26(22,23)20-11-10-17(21)15-6-9-18-19(12-15)25-13-24-18/h4-9,12,17,20-21H,2-3,10-11,13H2,1H3. The van der Waals surface area contributed by atoms with Gasteiger partial charge in [0.1, 0.15) is 0 Å². The predicted molar refractivity (Wildman–Crippen MR) is 97.8 cm³/mol. The van der Waals surface area contributed by atoms with Crippen LogP contribution in [-0.4, -0.2) is 26.9 Å². The molecule has 6 nitrogen and oxygen atoms in total. The normalized spacial score (nSPS) is 14.4. The molecule has 0 saturated heterocycles. The molecular weight excluding hydrogens is 354 g/mol. The van der Waals surface area contributed by atoms with Crippen LogP contribution in [0.1, 0.15) is 37.0 Å². The predicted octanol–water partition coefficient (Wildman–Crippen LogP) is 2.77. The molecule has 0 amide bonds. The van der Waals surface area contributed by atoms with Crippen LogP contribution in [-0.2, 0) is 16.4 Å². The highest BCUT2D eigenvalue weighted by atomic mass is 32.2. The van der Waals surface area contributed by atoms with Gasteiger partial charge in [0.25, 0.3) is 0 Å². The summed E-state index contributed by atoms with van der Waals surface area (Å²) in [5.41, 5.74) is 1.78. The maximum Gasteiger partial charge on any atom is 0.240 e. The molecule has 0 aromatic heterocycles. The summed E-state index contributed by atoms with van der Waals surface area (Å²) in [6.45, 7) is 2.39. The monoisotopic (exact) mass is 377 g/mol. The summed E-state index contributed by atoms with van der Waals surface area (Å²) in [6.07, 6.45) is 1.41. The van der Waals surface area contributed by atoms with Crippen molar-refractivity contribution in [3.05, 3.63) is 53.6 Å². The number of aliphatic hydroxyl groups is 1. The van der Waals surface area contributed by atoms with E-state index in [2.05, 4.69) is 11.6 Å². The van der Waals surface area contributed by atoms with Crippen molar-refractivity contribution in [3.8, 4) is 11.5 Å². The summed E-state index contributed by atoms with van der Waals surface area (Å²) in [5.74, 6) is 1.24. The highest BCUT2D eigenvalue weighted by Gasteiger charge is 2.18. The van der Waals surface area contributed by atoms with Crippen molar-refractivity contribution in [1.29, 1.82) is 0 Å². The zero-order valence-corrected chi connectivity index (χ0v) is 15.5. The minimum atomic E-state index is -3.59. The zero-order valence-electron chi connectivity index (χ0n) is 14.6. The number of benzene rings is 2. The number of hydrogen-bond donors (Lipinski definition) is 2. The number of rotatable bonds is 8. The van der Waals surface area contributed by atoms with Gasteiger partial charge >= 0.3 is 0 Å². The lowest BCUT2D eigenvalue weighted by atomic mass is 10.1. The highest BCUT2D eigenvalue weighted by molar-refractivity contribution is 7.89. The van der Waals surface area contributed by atoms with E-state index >= 15 is 0 Å². The van der Waals surface area contributed by atoms with Crippen LogP contribution in [0.15, 0.2) is 47.4 Å². The van der Waals surface area contributed by atoms with Gasteiger partial charge in [0, 0.05) is 6.54 Å². The van der Waals surface area contributed by atoms with E-state index in [1.54, 1.807) is 30.3 Å². The number of nitrogens with one attached hydrogen (secondary N) is 1. The molecule has 1 aliphatic heterocycles. The maximum atomic E-state index is 12.3. The first-order chi connectivity index (χ1) is 12.5. The Bertz CT molecular complexity index is 849. The van der Waals surface area contributed by atoms with E-state index in [4.69, 9.17) is 9.47 Å².